The number of nitrogens with zero attached hydrogens (tertiary/aromatic N) is 1. The van der Waals surface area contributed by atoms with E-state index < -0.39 is 5.97 Å². The summed E-state index contributed by atoms with van der Waals surface area (Å²) in [6.45, 7) is 7.89. The highest BCUT2D eigenvalue weighted by atomic mass is 16.5. The quantitative estimate of drug-likeness (QED) is 0.481. The van der Waals surface area contributed by atoms with Crippen molar-refractivity contribution >= 4 is 17.4 Å². The fourth-order valence-electron chi connectivity index (χ4n) is 2.66. The minimum atomic E-state index is -0.520. The standard InChI is InChI=1S/C19H22N2O3/c1-5-10-21-13(2)11-16(14(21)3)18(22)12-24-19(23)15-8-6-7-9-17(15)20-4/h5-9,11,20H,1,10,12H2,2-4H3. The van der Waals surface area contributed by atoms with E-state index in [1.165, 1.54) is 0 Å². The Bertz CT molecular complexity index is 775. The molecule has 5 heteroatoms. The van der Waals surface area contributed by atoms with Gasteiger partial charge in [-0.05, 0) is 32.0 Å². The number of carbonyl (C=O) groups excluding carboxylic acids is 2. The van der Waals surface area contributed by atoms with Gasteiger partial charge in [-0.3, -0.25) is 4.79 Å². The number of ether oxygens (including phenoxy) is 1. The number of nitrogens with one attached hydrogen (secondary N) is 1. The number of allylic oxidation sites excluding steroid dienone is 1. The Morgan fingerprint density at radius 1 is 1.25 bits per heavy atom. The van der Waals surface area contributed by atoms with Gasteiger partial charge >= 0.3 is 5.97 Å². The van der Waals surface area contributed by atoms with E-state index in [0.29, 0.717) is 23.4 Å². The average molecular weight is 326 g/mol. The van der Waals surface area contributed by atoms with Gasteiger partial charge in [-0.1, -0.05) is 18.2 Å². The number of para-hydroxylation sites is 1. The van der Waals surface area contributed by atoms with Crippen molar-refractivity contribution in [1.82, 2.24) is 4.57 Å². The number of Topliss-reactive ketones (excluding diaryl/α,β-unsaturated/α-hetero) is 1. The lowest BCUT2D eigenvalue weighted by Crippen LogP contribution is -2.16. The predicted molar refractivity (Wildman–Crippen MR) is 94.7 cm³/mol. The van der Waals surface area contributed by atoms with Crippen LogP contribution in [-0.2, 0) is 11.3 Å². The summed E-state index contributed by atoms with van der Waals surface area (Å²) in [4.78, 5) is 24.6. The van der Waals surface area contributed by atoms with Crippen LogP contribution in [0.4, 0.5) is 5.69 Å². The predicted octanol–water partition coefficient (Wildman–Crippen LogP) is 3.37. The van der Waals surface area contributed by atoms with E-state index in [-0.39, 0.29) is 12.4 Å². The van der Waals surface area contributed by atoms with Crippen LogP contribution in [0.25, 0.3) is 0 Å². The molecule has 1 aromatic heterocycles. The molecule has 2 rings (SSSR count). The molecule has 1 heterocycles. The Balaban J connectivity index is 2.09. The zero-order chi connectivity index (χ0) is 17.7. The molecule has 0 unspecified atom stereocenters. The first-order valence-electron chi connectivity index (χ1n) is 7.74. The lowest BCUT2D eigenvalue weighted by atomic mass is 10.1. The van der Waals surface area contributed by atoms with Crippen LogP contribution in [0.5, 0.6) is 0 Å². The summed E-state index contributed by atoms with van der Waals surface area (Å²) >= 11 is 0. The summed E-state index contributed by atoms with van der Waals surface area (Å²) in [7, 11) is 1.73. The fraction of sp³-hybridized carbons (Fsp3) is 0.263. The molecule has 0 aliphatic heterocycles. The molecule has 24 heavy (non-hydrogen) atoms. The summed E-state index contributed by atoms with van der Waals surface area (Å²) in [5.41, 5.74) is 3.47. The second-order valence-corrected chi connectivity index (χ2v) is 5.48. The second kappa shape index (κ2) is 7.64. The third-order valence-corrected chi connectivity index (χ3v) is 3.94. The third-order valence-electron chi connectivity index (χ3n) is 3.94. The summed E-state index contributed by atoms with van der Waals surface area (Å²) < 4.78 is 7.19. The van der Waals surface area contributed by atoms with Crippen molar-refractivity contribution < 1.29 is 14.3 Å². The minimum absolute atomic E-state index is 0.214. The van der Waals surface area contributed by atoms with Gasteiger partial charge in [0.1, 0.15) is 0 Å². The molecule has 0 bridgehead atoms. The number of aromatic nitrogens is 1. The van der Waals surface area contributed by atoms with Crippen molar-refractivity contribution in [2.45, 2.75) is 20.4 Å². The largest absolute Gasteiger partial charge is 0.454 e. The molecule has 0 amide bonds. The van der Waals surface area contributed by atoms with Gasteiger partial charge in [-0.15, -0.1) is 6.58 Å². The minimum Gasteiger partial charge on any atom is -0.454 e. The molecule has 5 nitrogen and oxygen atoms in total. The van der Waals surface area contributed by atoms with Gasteiger partial charge in [0.15, 0.2) is 6.61 Å². The highest BCUT2D eigenvalue weighted by Gasteiger charge is 2.18. The Hall–Kier alpha value is -2.82. The average Bonchev–Trinajstić information content (AvgIpc) is 2.88. The van der Waals surface area contributed by atoms with Crippen LogP contribution >= 0.6 is 0 Å². The van der Waals surface area contributed by atoms with E-state index >= 15 is 0 Å². The van der Waals surface area contributed by atoms with E-state index in [1.807, 2.05) is 30.5 Å². The normalized spacial score (nSPS) is 10.3. The topological polar surface area (TPSA) is 60.3 Å². The van der Waals surface area contributed by atoms with Gasteiger partial charge in [0.25, 0.3) is 0 Å². The first-order chi connectivity index (χ1) is 11.5. The van der Waals surface area contributed by atoms with Crippen molar-refractivity contribution in [1.29, 1.82) is 0 Å². The smallest absolute Gasteiger partial charge is 0.340 e. The summed E-state index contributed by atoms with van der Waals surface area (Å²) in [5, 5.41) is 2.93. The van der Waals surface area contributed by atoms with E-state index in [2.05, 4.69) is 11.9 Å². The molecular formula is C19H22N2O3. The molecule has 0 fully saturated rings. The van der Waals surface area contributed by atoms with E-state index in [0.717, 1.165) is 11.4 Å². The van der Waals surface area contributed by atoms with E-state index in [1.54, 1.807) is 31.3 Å². The SMILES string of the molecule is C=CCn1c(C)cc(C(=O)COC(=O)c2ccccc2NC)c1C. The molecule has 0 atom stereocenters. The van der Waals surface area contributed by atoms with Crippen molar-refractivity contribution in [3.05, 3.63) is 65.5 Å². The molecule has 2 aromatic rings. The summed E-state index contributed by atoms with van der Waals surface area (Å²) in [6.07, 6.45) is 1.78. The van der Waals surface area contributed by atoms with Crippen LogP contribution in [0.2, 0.25) is 0 Å². The molecule has 0 spiro atoms. The summed E-state index contributed by atoms with van der Waals surface area (Å²) in [5.74, 6) is -0.734. The number of esters is 1. The van der Waals surface area contributed by atoms with Crippen LogP contribution in [0.15, 0.2) is 43.0 Å². The molecule has 1 N–H and O–H groups in total. The van der Waals surface area contributed by atoms with Gasteiger partial charge in [0.05, 0.1) is 5.56 Å². The van der Waals surface area contributed by atoms with Gasteiger partial charge < -0.3 is 14.6 Å². The molecule has 0 aliphatic rings. The van der Waals surface area contributed by atoms with Gasteiger partial charge in [-0.25, -0.2) is 4.79 Å². The van der Waals surface area contributed by atoms with Crippen molar-refractivity contribution in [3.8, 4) is 0 Å². The number of anilines is 1. The lowest BCUT2D eigenvalue weighted by molar-refractivity contribution is 0.0475. The summed E-state index contributed by atoms with van der Waals surface area (Å²) in [6, 6.07) is 8.83. The molecule has 0 saturated heterocycles. The van der Waals surface area contributed by atoms with Crippen molar-refractivity contribution in [2.75, 3.05) is 19.0 Å². The van der Waals surface area contributed by atoms with Crippen LogP contribution < -0.4 is 5.32 Å². The van der Waals surface area contributed by atoms with E-state index in [9.17, 15) is 9.59 Å². The Morgan fingerprint density at radius 2 is 1.96 bits per heavy atom. The first kappa shape index (κ1) is 17.5. The van der Waals surface area contributed by atoms with Crippen LogP contribution in [-0.4, -0.2) is 30.0 Å². The monoisotopic (exact) mass is 326 g/mol. The first-order valence-corrected chi connectivity index (χ1v) is 7.74. The van der Waals surface area contributed by atoms with Crippen LogP contribution in [0, 0.1) is 13.8 Å². The highest BCUT2D eigenvalue weighted by molar-refractivity contribution is 6.01. The number of hydrogen-bond donors (Lipinski definition) is 1. The maximum atomic E-state index is 12.4. The number of aryl methyl sites for hydroxylation is 1. The Kier molecular flexibility index (Phi) is 5.58. The Morgan fingerprint density at radius 3 is 2.62 bits per heavy atom. The molecule has 126 valence electrons. The number of ketones is 1. The number of benzene rings is 1. The van der Waals surface area contributed by atoms with Gasteiger partial charge in [-0.2, -0.15) is 0 Å². The number of hydrogen-bond acceptors (Lipinski definition) is 4. The number of rotatable bonds is 7. The van der Waals surface area contributed by atoms with Crippen LogP contribution in [0.1, 0.15) is 32.1 Å². The Labute approximate surface area is 141 Å². The van der Waals surface area contributed by atoms with Crippen LogP contribution in [0.3, 0.4) is 0 Å². The fourth-order valence-corrected chi connectivity index (χ4v) is 2.66. The van der Waals surface area contributed by atoms with Gasteiger partial charge in [0, 0.05) is 36.2 Å². The molecule has 1 aromatic carbocycles. The molecule has 0 radical (unpaired) electrons. The highest BCUT2D eigenvalue weighted by Crippen LogP contribution is 2.18. The van der Waals surface area contributed by atoms with Crippen molar-refractivity contribution in [3.63, 3.8) is 0 Å². The number of carbonyl (C=O) groups is 2. The van der Waals surface area contributed by atoms with Crippen molar-refractivity contribution in [2.24, 2.45) is 0 Å². The molecular weight excluding hydrogens is 304 g/mol. The zero-order valence-electron chi connectivity index (χ0n) is 14.3. The molecule has 0 aliphatic carbocycles. The van der Waals surface area contributed by atoms with E-state index in [4.69, 9.17) is 4.74 Å². The second-order valence-electron chi connectivity index (χ2n) is 5.48. The molecule has 0 saturated carbocycles. The zero-order valence-corrected chi connectivity index (χ0v) is 14.3. The van der Waals surface area contributed by atoms with Gasteiger partial charge in [0.2, 0.25) is 5.78 Å². The maximum Gasteiger partial charge on any atom is 0.340 e. The maximum absolute atomic E-state index is 12.4. The third kappa shape index (κ3) is 3.56. The lowest BCUT2D eigenvalue weighted by Gasteiger charge is -2.09.